The molecule has 0 aliphatic carbocycles. The van der Waals surface area contributed by atoms with Crippen molar-refractivity contribution in [1.29, 1.82) is 0 Å². The summed E-state index contributed by atoms with van der Waals surface area (Å²) in [5.41, 5.74) is 1.54. The molecule has 0 saturated carbocycles. The molecule has 0 radical (unpaired) electrons. The summed E-state index contributed by atoms with van der Waals surface area (Å²) in [6, 6.07) is -0.182. The van der Waals surface area contributed by atoms with Crippen LogP contribution in [0, 0.1) is 0 Å². The van der Waals surface area contributed by atoms with Gasteiger partial charge in [0, 0.05) is 70.0 Å². The molecule has 9 nitrogen and oxygen atoms in total. The van der Waals surface area contributed by atoms with E-state index in [0.29, 0.717) is 18.7 Å². The van der Waals surface area contributed by atoms with Crippen LogP contribution in [0.1, 0.15) is 28.8 Å². The van der Waals surface area contributed by atoms with Crippen LogP contribution in [-0.2, 0) is 6.54 Å². The Labute approximate surface area is 157 Å². The zero-order valence-electron chi connectivity index (χ0n) is 15.2. The maximum absolute atomic E-state index is 12.7. The summed E-state index contributed by atoms with van der Waals surface area (Å²) in [5, 5.41) is 4.12. The third-order valence-corrected chi connectivity index (χ3v) is 5.08. The van der Waals surface area contributed by atoms with Crippen LogP contribution < -0.4 is 0 Å². The Morgan fingerprint density at radius 1 is 0.889 bits per heavy atom. The van der Waals surface area contributed by atoms with Gasteiger partial charge in [0.1, 0.15) is 6.33 Å². The quantitative estimate of drug-likeness (QED) is 0.791. The highest BCUT2D eigenvalue weighted by atomic mass is 16.2. The summed E-state index contributed by atoms with van der Waals surface area (Å²) in [6.07, 6.45) is 10.3. The average molecular weight is 369 g/mol. The van der Waals surface area contributed by atoms with Crippen LogP contribution in [0.2, 0.25) is 0 Å². The second-order valence-corrected chi connectivity index (χ2v) is 6.97. The molecule has 27 heavy (non-hydrogen) atoms. The van der Waals surface area contributed by atoms with Crippen LogP contribution in [0.5, 0.6) is 0 Å². The van der Waals surface area contributed by atoms with Crippen LogP contribution >= 0.6 is 0 Å². The number of likely N-dealkylation sites (tertiary alicyclic amines) is 1. The number of amides is 2. The number of aromatic nitrogens is 4. The first-order chi connectivity index (χ1) is 13.2. The van der Waals surface area contributed by atoms with E-state index in [0.717, 1.165) is 51.1 Å². The first kappa shape index (κ1) is 17.6. The Hall–Kier alpha value is -2.81. The molecule has 0 spiro atoms. The minimum Gasteiger partial charge on any atom is -0.339 e. The Morgan fingerprint density at radius 2 is 1.59 bits per heavy atom. The van der Waals surface area contributed by atoms with E-state index >= 15 is 0 Å². The molecule has 142 valence electrons. The smallest absolute Gasteiger partial charge is 0.339 e. The van der Waals surface area contributed by atoms with E-state index in [-0.39, 0.29) is 11.9 Å². The van der Waals surface area contributed by atoms with Crippen molar-refractivity contribution in [1.82, 2.24) is 34.4 Å². The highest BCUT2D eigenvalue weighted by Gasteiger charge is 2.25. The Bertz CT molecular complexity index is 793. The predicted molar refractivity (Wildman–Crippen MR) is 97.0 cm³/mol. The number of rotatable bonds is 3. The number of nitrogens with zero attached hydrogens (tertiary/aromatic N) is 7. The molecule has 0 atom stereocenters. The Balaban J connectivity index is 1.32. The molecule has 0 N–H and O–H groups in total. The molecular formula is C18H23N7O2. The largest absolute Gasteiger partial charge is 0.344 e. The first-order valence-corrected chi connectivity index (χ1v) is 9.30. The molecule has 0 bridgehead atoms. The number of carbonyl (C=O) groups excluding carboxylic acids is 2. The number of hydrogen-bond donors (Lipinski definition) is 0. The lowest BCUT2D eigenvalue weighted by molar-refractivity contribution is 0.0793. The second kappa shape index (κ2) is 7.83. The van der Waals surface area contributed by atoms with Gasteiger partial charge in [-0.3, -0.25) is 9.69 Å². The van der Waals surface area contributed by atoms with E-state index in [2.05, 4.69) is 20.0 Å². The fourth-order valence-corrected chi connectivity index (χ4v) is 3.55. The van der Waals surface area contributed by atoms with E-state index in [1.807, 2.05) is 17.3 Å². The van der Waals surface area contributed by atoms with Crippen molar-refractivity contribution in [3.63, 3.8) is 0 Å². The Kier molecular flexibility index (Phi) is 5.10. The molecule has 2 amide bonds. The number of carbonyl (C=O) groups is 2. The van der Waals surface area contributed by atoms with E-state index in [1.54, 1.807) is 11.1 Å². The van der Waals surface area contributed by atoms with Gasteiger partial charge in [0.15, 0.2) is 0 Å². The molecule has 9 heteroatoms. The molecule has 2 fully saturated rings. The van der Waals surface area contributed by atoms with Crippen molar-refractivity contribution < 1.29 is 9.59 Å². The summed E-state index contributed by atoms with van der Waals surface area (Å²) in [7, 11) is 0. The van der Waals surface area contributed by atoms with Gasteiger partial charge in [0.25, 0.3) is 5.91 Å². The molecule has 4 heterocycles. The third-order valence-electron chi connectivity index (χ3n) is 5.08. The highest BCUT2D eigenvalue weighted by Crippen LogP contribution is 2.13. The van der Waals surface area contributed by atoms with Gasteiger partial charge in [0.05, 0.1) is 11.8 Å². The monoisotopic (exact) mass is 369 g/mol. The number of hydrogen-bond acceptors (Lipinski definition) is 6. The molecule has 2 aromatic heterocycles. The van der Waals surface area contributed by atoms with Gasteiger partial charge in [-0.2, -0.15) is 9.78 Å². The van der Waals surface area contributed by atoms with Crippen molar-refractivity contribution in [2.24, 2.45) is 0 Å². The predicted octanol–water partition coefficient (Wildman–Crippen LogP) is 0.695. The summed E-state index contributed by atoms with van der Waals surface area (Å²) in [5.74, 6) is -0.0403. The molecule has 0 aromatic carbocycles. The standard InChI is InChI=1S/C18H23N7O2/c26-17(23-3-1-2-4-23)16-11-21-25(13-16)18(27)24-7-5-22(6-8-24)12-15-9-19-14-20-10-15/h9-11,13-14H,1-8,12H2. The summed E-state index contributed by atoms with van der Waals surface area (Å²) < 4.78 is 1.28. The Morgan fingerprint density at radius 3 is 2.30 bits per heavy atom. The maximum atomic E-state index is 12.7. The SMILES string of the molecule is O=C(c1cnn(C(=O)N2CCN(Cc3cncnc3)CC2)c1)N1CCCC1. The minimum atomic E-state index is -0.182. The second-order valence-electron chi connectivity index (χ2n) is 6.97. The van der Waals surface area contributed by atoms with Gasteiger partial charge in [0.2, 0.25) is 0 Å². The zero-order chi connectivity index (χ0) is 18.6. The molecular weight excluding hydrogens is 346 g/mol. The fraction of sp³-hybridized carbons (Fsp3) is 0.500. The van der Waals surface area contributed by atoms with Gasteiger partial charge >= 0.3 is 6.03 Å². The molecule has 2 aromatic rings. The van der Waals surface area contributed by atoms with Gasteiger partial charge in [-0.1, -0.05) is 0 Å². The van der Waals surface area contributed by atoms with Gasteiger partial charge in [-0.15, -0.1) is 0 Å². The van der Waals surface area contributed by atoms with Crippen LogP contribution in [0.3, 0.4) is 0 Å². The third kappa shape index (κ3) is 3.97. The topological polar surface area (TPSA) is 87.5 Å². The summed E-state index contributed by atoms with van der Waals surface area (Å²) in [4.78, 5) is 39.0. The highest BCUT2D eigenvalue weighted by molar-refractivity contribution is 5.94. The van der Waals surface area contributed by atoms with Crippen molar-refractivity contribution >= 4 is 11.9 Å². The van der Waals surface area contributed by atoms with Crippen molar-refractivity contribution in [2.75, 3.05) is 39.3 Å². The first-order valence-electron chi connectivity index (χ1n) is 9.30. The average Bonchev–Trinajstić information content (AvgIpc) is 3.41. The maximum Gasteiger partial charge on any atom is 0.344 e. The van der Waals surface area contributed by atoms with Gasteiger partial charge in [-0.05, 0) is 12.8 Å². The van der Waals surface area contributed by atoms with Crippen molar-refractivity contribution in [3.05, 3.63) is 42.2 Å². The van der Waals surface area contributed by atoms with Crippen molar-refractivity contribution in [3.8, 4) is 0 Å². The normalized spacial score (nSPS) is 18.1. The molecule has 0 unspecified atom stereocenters. The number of piperazine rings is 1. The van der Waals surface area contributed by atoms with E-state index in [9.17, 15) is 9.59 Å². The van der Waals surface area contributed by atoms with E-state index < -0.39 is 0 Å². The molecule has 2 aliphatic rings. The van der Waals surface area contributed by atoms with Crippen LogP contribution in [0.15, 0.2) is 31.1 Å². The van der Waals surface area contributed by atoms with Gasteiger partial charge in [-0.25, -0.2) is 14.8 Å². The van der Waals surface area contributed by atoms with Crippen molar-refractivity contribution in [2.45, 2.75) is 19.4 Å². The summed E-state index contributed by atoms with van der Waals surface area (Å²) >= 11 is 0. The van der Waals surface area contributed by atoms with Crippen LogP contribution in [-0.4, -0.2) is 85.7 Å². The van der Waals surface area contributed by atoms with E-state index in [1.165, 1.54) is 17.2 Å². The molecule has 2 aliphatic heterocycles. The zero-order valence-corrected chi connectivity index (χ0v) is 15.2. The lowest BCUT2D eigenvalue weighted by atomic mass is 10.2. The van der Waals surface area contributed by atoms with Gasteiger partial charge < -0.3 is 9.80 Å². The molecule has 4 rings (SSSR count). The van der Waals surface area contributed by atoms with Crippen LogP contribution in [0.4, 0.5) is 4.79 Å². The van der Waals surface area contributed by atoms with Crippen LogP contribution in [0.25, 0.3) is 0 Å². The lowest BCUT2D eigenvalue weighted by Crippen LogP contribution is -2.49. The minimum absolute atomic E-state index is 0.0403. The molecule has 2 saturated heterocycles. The fourth-order valence-electron chi connectivity index (χ4n) is 3.55. The van der Waals surface area contributed by atoms with E-state index in [4.69, 9.17) is 0 Å². The summed E-state index contributed by atoms with van der Waals surface area (Å²) in [6.45, 7) is 5.16. The lowest BCUT2D eigenvalue weighted by Gasteiger charge is -2.34.